The molecule has 0 fully saturated rings. The van der Waals surface area contributed by atoms with Gasteiger partial charge in [-0.1, -0.05) is 6.07 Å². The minimum absolute atomic E-state index is 0.0700. The van der Waals surface area contributed by atoms with E-state index < -0.39 is 6.10 Å². The van der Waals surface area contributed by atoms with Crippen LogP contribution in [0, 0.1) is 0 Å². The quantitative estimate of drug-likeness (QED) is 0.532. The van der Waals surface area contributed by atoms with Crippen molar-refractivity contribution in [1.29, 1.82) is 0 Å². The third-order valence-electron chi connectivity index (χ3n) is 2.03. The lowest BCUT2D eigenvalue weighted by Gasteiger charge is -2.15. The Labute approximate surface area is 106 Å². The topological polar surface area (TPSA) is 75.7 Å². The molecule has 0 bridgehead atoms. The first-order chi connectivity index (χ1) is 8.04. The highest BCUT2D eigenvalue weighted by molar-refractivity contribution is 7.99. The van der Waals surface area contributed by atoms with E-state index in [0.29, 0.717) is 17.2 Å². The van der Waals surface area contributed by atoms with Crippen LogP contribution in [-0.2, 0) is 0 Å². The molecule has 0 spiro atoms. The molecule has 5 heteroatoms. The van der Waals surface area contributed by atoms with E-state index in [1.807, 2.05) is 32.0 Å². The molecule has 0 aliphatic rings. The molecular formula is C12H19NO3S. The van der Waals surface area contributed by atoms with Crippen LogP contribution in [0.2, 0.25) is 0 Å². The van der Waals surface area contributed by atoms with Crippen LogP contribution in [-0.4, -0.2) is 34.8 Å². The van der Waals surface area contributed by atoms with Gasteiger partial charge in [0, 0.05) is 10.6 Å². The molecule has 17 heavy (non-hydrogen) atoms. The second-order valence-electron chi connectivity index (χ2n) is 3.98. The SMILES string of the molecule is CC(C)Oc1cccc(SCC(O)CO)c1N. The number of aliphatic hydroxyl groups excluding tert-OH is 2. The van der Waals surface area contributed by atoms with Crippen molar-refractivity contribution in [2.75, 3.05) is 18.1 Å². The molecule has 0 heterocycles. The summed E-state index contributed by atoms with van der Waals surface area (Å²) in [6.07, 6.45) is -0.658. The Balaban J connectivity index is 2.72. The van der Waals surface area contributed by atoms with Crippen LogP contribution in [0.4, 0.5) is 5.69 Å². The molecule has 0 saturated heterocycles. The number of thioether (sulfide) groups is 1. The summed E-state index contributed by atoms with van der Waals surface area (Å²) in [6.45, 7) is 3.64. The zero-order chi connectivity index (χ0) is 12.8. The first-order valence-electron chi connectivity index (χ1n) is 5.51. The van der Waals surface area contributed by atoms with E-state index >= 15 is 0 Å². The molecule has 0 radical (unpaired) electrons. The molecule has 4 N–H and O–H groups in total. The van der Waals surface area contributed by atoms with Crippen LogP contribution in [0.3, 0.4) is 0 Å². The van der Waals surface area contributed by atoms with Gasteiger partial charge in [0.1, 0.15) is 5.75 Å². The maximum atomic E-state index is 9.28. The summed E-state index contributed by atoms with van der Waals surface area (Å²) in [4.78, 5) is 0.857. The number of aliphatic hydroxyl groups is 2. The third kappa shape index (κ3) is 4.46. The van der Waals surface area contributed by atoms with E-state index in [0.717, 1.165) is 4.90 Å². The van der Waals surface area contributed by atoms with Gasteiger partial charge >= 0.3 is 0 Å². The molecule has 0 amide bonds. The molecular weight excluding hydrogens is 238 g/mol. The standard InChI is InChI=1S/C12H19NO3S/c1-8(2)16-10-4-3-5-11(12(10)13)17-7-9(15)6-14/h3-5,8-9,14-15H,6-7,13H2,1-2H3. The summed E-state index contributed by atoms with van der Waals surface area (Å²) >= 11 is 1.41. The van der Waals surface area contributed by atoms with E-state index in [9.17, 15) is 5.11 Å². The number of ether oxygens (including phenoxy) is 1. The van der Waals surface area contributed by atoms with Gasteiger partial charge in [-0.05, 0) is 26.0 Å². The molecule has 1 rings (SSSR count). The molecule has 0 aliphatic carbocycles. The minimum Gasteiger partial charge on any atom is -0.489 e. The van der Waals surface area contributed by atoms with Crippen molar-refractivity contribution >= 4 is 17.4 Å². The van der Waals surface area contributed by atoms with Gasteiger partial charge in [0.2, 0.25) is 0 Å². The average molecular weight is 257 g/mol. The van der Waals surface area contributed by atoms with Crippen molar-refractivity contribution in [2.24, 2.45) is 0 Å². The Hall–Kier alpha value is -0.910. The number of nitrogen functional groups attached to an aromatic ring is 1. The Kier molecular flexibility index (Phi) is 5.61. The smallest absolute Gasteiger partial charge is 0.143 e. The summed E-state index contributed by atoms with van der Waals surface area (Å²) in [7, 11) is 0. The molecule has 1 aromatic carbocycles. The molecule has 0 aliphatic heterocycles. The van der Waals surface area contributed by atoms with Gasteiger partial charge in [0.25, 0.3) is 0 Å². The number of hydrogen-bond donors (Lipinski definition) is 3. The molecule has 1 aromatic rings. The zero-order valence-electron chi connectivity index (χ0n) is 10.1. The second-order valence-corrected chi connectivity index (χ2v) is 5.04. The van der Waals surface area contributed by atoms with Crippen LogP contribution in [0.5, 0.6) is 5.75 Å². The highest BCUT2D eigenvalue weighted by atomic mass is 32.2. The van der Waals surface area contributed by atoms with E-state index in [2.05, 4.69) is 0 Å². The average Bonchev–Trinajstić information content (AvgIpc) is 2.29. The van der Waals surface area contributed by atoms with Crippen molar-refractivity contribution in [3.63, 3.8) is 0 Å². The third-order valence-corrected chi connectivity index (χ3v) is 3.25. The first-order valence-corrected chi connectivity index (χ1v) is 6.50. The summed E-state index contributed by atoms with van der Waals surface area (Å²) in [6, 6.07) is 5.56. The lowest BCUT2D eigenvalue weighted by molar-refractivity contribution is 0.113. The second kappa shape index (κ2) is 6.74. The van der Waals surface area contributed by atoms with Crippen molar-refractivity contribution in [3.8, 4) is 5.75 Å². The highest BCUT2D eigenvalue weighted by Gasteiger charge is 2.10. The Morgan fingerprint density at radius 1 is 1.41 bits per heavy atom. The molecule has 0 saturated carbocycles. The normalized spacial score (nSPS) is 12.8. The van der Waals surface area contributed by atoms with Crippen LogP contribution in [0.25, 0.3) is 0 Å². The van der Waals surface area contributed by atoms with E-state index in [4.69, 9.17) is 15.6 Å². The molecule has 1 unspecified atom stereocenters. The Morgan fingerprint density at radius 2 is 2.12 bits per heavy atom. The zero-order valence-corrected chi connectivity index (χ0v) is 10.9. The summed E-state index contributed by atoms with van der Waals surface area (Å²) in [5.74, 6) is 1.06. The van der Waals surface area contributed by atoms with Crippen LogP contribution in [0.15, 0.2) is 23.1 Å². The van der Waals surface area contributed by atoms with E-state index in [1.54, 1.807) is 0 Å². The van der Waals surface area contributed by atoms with Crippen molar-refractivity contribution in [1.82, 2.24) is 0 Å². The van der Waals surface area contributed by atoms with Crippen LogP contribution < -0.4 is 10.5 Å². The predicted octanol–water partition coefficient (Wildman–Crippen LogP) is 1.50. The predicted molar refractivity (Wildman–Crippen MR) is 70.4 cm³/mol. The molecule has 96 valence electrons. The summed E-state index contributed by atoms with van der Waals surface area (Å²) in [5, 5.41) is 18.0. The number of para-hydroxylation sites is 1. The summed E-state index contributed by atoms with van der Waals surface area (Å²) in [5.41, 5.74) is 6.55. The number of rotatable bonds is 6. The first kappa shape index (κ1) is 14.2. The fourth-order valence-corrected chi connectivity index (χ4v) is 2.15. The summed E-state index contributed by atoms with van der Waals surface area (Å²) < 4.78 is 5.57. The van der Waals surface area contributed by atoms with Gasteiger partial charge in [-0.25, -0.2) is 0 Å². The van der Waals surface area contributed by atoms with Crippen molar-refractivity contribution in [2.45, 2.75) is 31.0 Å². The highest BCUT2D eigenvalue weighted by Crippen LogP contribution is 2.33. The maximum Gasteiger partial charge on any atom is 0.143 e. The van der Waals surface area contributed by atoms with Crippen molar-refractivity contribution in [3.05, 3.63) is 18.2 Å². The van der Waals surface area contributed by atoms with Gasteiger partial charge in [-0.2, -0.15) is 0 Å². The van der Waals surface area contributed by atoms with Gasteiger partial charge in [0.05, 0.1) is 24.5 Å². The molecule has 0 aromatic heterocycles. The molecule has 4 nitrogen and oxygen atoms in total. The van der Waals surface area contributed by atoms with Gasteiger partial charge in [-0.3, -0.25) is 0 Å². The number of anilines is 1. The number of nitrogens with two attached hydrogens (primary N) is 1. The lowest BCUT2D eigenvalue weighted by Crippen LogP contribution is -2.14. The number of benzene rings is 1. The van der Waals surface area contributed by atoms with Crippen LogP contribution in [0.1, 0.15) is 13.8 Å². The fraction of sp³-hybridized carbons (Fsp3) is 0.500. The minimum atomic E-state index is -0.728. The van der Waals surface area contributed by atoms with Gasteiger partial charge in [0.15, 0.2) is 0 Å². The lowest BCUT2D eigenvalue weighted by atomic mass is 10.3. The van der Waals surface area contributed by atoms with Gasteiger partial charge < -0.3 is 20.7 Å². The van der Waals surface area contributed by atoms with Gasteiger partial charge in [-0.15, -0.1) is 11.8 Å². The van der Waals surface area contributed by atoms with Crippen LogP contribution >= 0.6 is 11.8 Å². The number of hydrogen-bond acceptors (Lipinski definition) is 5. The van der Waals surface area contributed by atoms with E-state index in [1.165, 1.54) is 11.8 Å². The van der Waals surface area contributed by atoms with E-state index in [-0.39, 0.29) is 12.7 Å². The van der Waals surface area contributed by atoms with Crippen molar-refractivity contribution < 1.29 is 14.9 Å². The largest absolute Gasteiger partial charge is 0.489 e. The fourth-order valence-electron chi connectivity index (χ4n) is 1.25. The monoisotopic (exact) mass is 257 g/mol. The Bertz CT molecular complexity index is 358. The Morgan fingerprint density at radius 3 is 2.71 bits per heavy atom. The maximum absolute atomic E-state index is 9.28. The molecule has 1 atom stereocenters.